The Morgan fingerprint density at radius 1 is 1.15 bits per heavy atom. The molecule has 0 saturated heterocycles. The summed E-state index contributed by atoms with van der Waals surface area (Å²) in [6.45, 7) is 6.19. The van der Waals surface area contributed by atoms with Crippen LogP contribution >= 0.6 is 0 Å². The summed E-state index contributed by atoms with van der Waals surface area (Å²) in [5, 5.41) is 1.11. The van der Waals surface area contributed by atoms with E-state index >= 15 is 0 Å². The summed E-state index contributed by atoms with van der Waals surface area (Å²) in [5.74, 6) is 0.670. The smallest absolute Gasteiger partial charge is 0.240 e. The molecule has 138 valence electrons. The third kappa shape index (κ3) is 3.48. The van der Waals surface area contributed by atoms with E-state index in [2.05, 4.69) is 9.71 Å². The number of H-pyrrole nitrogens is 1. The van der Waals surface area contributed by atoms with Crippen molar-refractivity contribution in [2.24, 2.45) is 0 Å². The Hall–Kier alpha value is -2.31. The van der Waals surface area contributed by atoms with Gasteiger partial charge in [0.2, 0.25) is 10.0 Å². The van der Waals surface area contributed by atoms with Crippen LogP contribution in [0.5, 0.6) is 5.75 Å². The molecule has 0 unspecified atom stereocenters. The van der Waals surface area contributed by atoms with Crippen molar-refractivity contribution < 1.29 is 13.2 Å². The third-order valence-electron chi connectivity index (χ3n) is 4.70. The maximum absolute atomic E-state index is 12.7. The fraction of sp³-hybridized carbons (Fsp3) is 0.300. The summed E-state index contributed by atoms with van der Waals surface area (Å²) in [5.41, 5.74) is 2.55. The molecule has 1 heterocycles. The van der Waals surface area contributed by atoms with Crippen LogP contribution in [0, 0.1) is 6.92 Å². The number of hydrogen-bond donors (Lipinski definition) is 2. The van der Waals surface area contributed by atoms with Crippen molar-refractivity contribution in [2.45, 2.75) is 31.1 Å². The van der Waals surface area contributed by atoms with Crippen molar-refractivity contribution in [1.29, 1.82) is 0 Å². The van der Waals surface area contributed by atoms with Crippen LogP contribution < -0.4 is 9.46 Å². The van der Waals surface area contributed by atoms with Gasteiger partial charge in [-0.25, -0.2) is 13.1 Å². The number of sulfonamides is 1. The molecule has 0 aliphatic rings. The van der Waals surface area contributed by atoms with Gasteiger partial charge < -0.3 is 9.72 Å². The van der Waals surface area contributed by atoms with Crippen molar-refractivity contribution >= 4 is 20.9 Å². The van der Waals surface area contributed by atoms with E-state index in [-0.39, 0.29) is 10.3 Å². The van der Waals surface area contributed by atoms with Gasteiger partial charge in [-0.3, -0.25) is 0 Å². The highest BCUT2D eigenvalue weighted by Gasteiger charge is 2.27. The summed E-state index contributed by atoms with van der Waals surface area (Å²) in [6.07, 6.45) is 1.95. The summed E-state index contributed by atoms with van der Waals surface area (Å²) >= 11 is 0. The number of nitrogens with one attached hydrogen (secondary N) is 2. The lowest BCUT2D eigenvalue weighted by Gasteiger charge is -2.25. The highest BCUT2D eigenvalue weighted by molar-refractivity contribution is 7.89. The quantitative estimate of drug-likeness (QED) is 0.692. The fourth-order valence-corrected chi connectivity index (χ4v) is 4.40. The second-order valence-electron chi connectivity index (χ2n) is 7.09. The van der Waals surface area contributed by atoms with E-state index in [0.29, 0.717) is 12.3 Å². The maximum atomic E-state index is 12.7. The summed E-state index contributed by atoms with van der Waals surface area (Å²) in [6, 6.07) is 12.9. The van der Waals surface area contributed by atoms with Gasteiger partial charge in [0.1, 0.15) is 5.75 Å². The first-order valence-electron chi connectivity index (χ1n) is 8.45. The van der Waals surface area contributed by atoms with E-state index < -0.39 is 10.0 Å². The largest absolute Gasteiger partial charge is 0.496 e. The molecule has 5 nitrogen and oxygen atoms in total. The molecule has 0 atom stereocenters. The number of hydrogen-bond acceptors (Lipinski definition) is 3. The predicted molar refractivity (Wildman–Crippen MR) is 104 cm³/mol. The van der Waals surface area contributed by atoms with Crippen LogP contribution in [0.1, 0.15) is 25.0 Å². The van der Waals surface area contributed by atoms with Crippen molar-refractivity contribution in [3.8, 4) is 5.75 Å². The zero-order chi connectivity index (χ0) is 18.9. The molecule has 2 N–H and O–H groups in total. The first kappa shape index (κ1) is 18.5. The highest BCUT2D eigenvalue weighted by atomic mass is 32.2. The van der Waals surface area contributed by atoms with Crippen molar-refractivity contribution in [3.63, 3.8) is 0 Å². The van der Waals surface area contributed by atoms with Crippen molar-refractivity contribution in [2.75, 3.05) is 13.7 Å². The fourth-order valence-electron chi connectivity index (χ4n) is 3.10. The van der Waals surface area contributed by atoms with Gasteiger partial charge in [-0.15, -0.1) is 0 Å². The SMILES string of the molecule is COc1ccc(S(=O)(=O)NCC(C)(C)c2c[nH]c3ccccc23)cc1C. The Kier molecular flexibility index (Phi) is 4.82. The Labute approximate surface area is 154 Å². The van der Waals surface area contributed by atoms with E-state index in [0.717, 1.165) is 22.0 Å². The summed E-state index contributed by atoms with van der Waals surface area (Å²) < 4.78 is 33.4. The van der Waals surface area contributed by atoms with Gasteiger partial charge in [0.25, 0.3) is 0 Å². The molecular weight excluding hydrogens is 348 g/mol. The molecule has 26 heavy (non-hydrogen) atoms. The Balaban J connectivity index is 1.83. The van der Waals surface area contributed by atoms with Gasteiger partial charge >= 0.3 is 0 Å². The van der Waals surface area contributed by atoms with Gasteiger partial charge in [0.05, 0.1) is 12.0 Å². The third-order valence-corrected chi connectivity index (χ3v) is 6.10. The lowest BCUT2D eigenvalue weighted by atomic mass is 9.85. The molecule has 6 heteroatoms. The minimum Gasteiger partial charge on any atom is -0.496 e. The average molecular weight is 372 g/mol. The number of methoxy groups -OCH3 is 1. The lowest BCUT2D eigenvalue weighted by Crippen LogP contribution is -2.36. The molecule has 0 saturated carbocycles. The number of aromatic amines is 1. The lowest BCUT2D eigenvalue weighted by molar-refractivity contribution is 0.411. The molecule has 0 amide bonds. The van der Waals surface area contributed by atoms with Gasteiger partial charge in [-0.05, 0) is 42.3 Å². The maximum Gasteiger partial charge on any atom is 0.240 e. The topological polar surface area (TPSA) is 71.2 Å². The molecule has 0 radical (unpaired) electrons. The average Bonchev–Trinajstić information content (AvgIpc) is 3.05. The second kappa shape index (κ2) is 6.78. The number of fused-ring (bicyclic) bond motifs is 1. The van der Waals surface area contributed by atoms with Crippen LogP contribution in [0.4, 0.5) is 0 Å². The van der Waals surface area contributed by atoms with Gasteiger partial charge in [-0.2, -0.15) is 0 Å². The van der Waals surface area contributed by atoms with Gasteiger partial charge in [0.15, 0.2) is 0 Å². The van der Waals surface area contributed by atoms with E-state index in [1.165, 1.54) is 0 Å². The summed E-state index contributed by atoms with van der Waals surface area (Å²) in [4.78, 5) is 3.49. The van der Waals surface area contributed by atoms with Crippen LogP contribution in [0.3, 0.4) is 0 Å². The molecular formula is C20H24N2O3S. The molecule has 2 aromatic carbocycles. The molecule has 3 rings (SSSR count). The zero-order valence-corrected chi connectivity index (χ0v) is 16.3. The molecule has 1 aromatic heterocycles. The van der Waals surface area contributed by atoms with E-state index in [9.17, 15) is 8.42 Å². The van der Waals surface area contributed by atoms with E-state index in [1.807, 2.05) is 51.2 Å². The first-order chi connectivity index (χ1) is 12.2. The number of ether oxygens (including phenoxy) is 1. The zero-order valence-electron chi connectivity index (χ0n) is 15.5. The molecule has 0 aliphatic heterocycles. The van der Waals surface area contributed by atoms with Crippen LogP contribution in [-0.2, 0) is 15.4 Å². The minimum absolute atomic E-state index is 0.241. The summed E-state index contributed by atoms with van der Waals surface area (Å²) in [7, 11) is -2.03. The monoisotopic (exact) mass is 372 g/mol. The molecule has 3 aromatic rings. The predicted octanol–water partition coefficient (Wildman–Crippen LogP) is 3.74. The van der Waals surface area contributed by atoms with E-state index in [1.54, 1.807) is 25.3 Å². The van der Waals surface area contributed by atoms with Crippen molar-refractivity contribution in [1.82, 2.24) is 9.71 Å². The number of rotatable bonds is 6. The van der Waals surface area contributed by atoms with Crippen LogP contribution in [0.15, 0.2) is 53.6 Å². The van der Waals surface area contributed by atoms with Crippen LogP contribution in [0.2, 0.25) is 0 Å². The molecule has 0 aliphatic carbocycles. The second-order valence-corrected chi connectivity index (χ2v) is 8.85. The Morgan fingerprint density at radius 3 is 2.58 bits per heavy atom. The number of para-hydroxylation sites is 1. The van der Waals surface area contributed by atoms with E-state index in [4.69, 9.17) is 4.74 Å². The normalized spacial score (nSPS) is 12.5. The van der Waals surface area contributed by atoms with Gasteiger partial charge in [0, 0.05) is 29.1 Å². The van der Waals surface area contributed by atoms with Crippen LogP contribution in [-0.4, -0.2) is 27.1 Å². The van der Waals surface area contributed by atoms with Crippen molar-refractivity contribution in [3.05, 3.63) is 59.8 Å². The molecule has 0 bridgehead atoms. The number of aromatic nitrogens is 1. The standard InChI is InChI=1S/C20H24N2O3S/c1-14-11-15(9-10-19(14)25-4)26(23,24)22-13-20(2,3)17-12-21-18-8-6-5-7-16(17)18/h5-12,21-22H,13H2,1-4H3. The number of benzene rings is 2. The first-order valence-corrected chi connectivity index (χ1v) is 9.94. The molecule has 0 spiro atoms. The Morgan fingerprint density at radius 2 is 1.88 bits per heavy atom. The molecule has 0 fully saturated rings. The highest BCUT2D eigenvalue weighted by Crippen LogP contribution is 2.30. The Bertz CT molecular complexity index is 1040. The van der Waals surface area contributed by atoms with Crippen LogP contribution in [0.25, 0.3) is 10.9 Å². The minimum atomic E-state index is -3.60. The number of aryl methyl sites for hydroxylation is 1. The van der Waals surface area contributed by atoms with Gasteiger partial charge in [-0.1, -0.05) is 32.0 Å².